The molecule has 0 bridgehead atoms. The molecule has 106 valence electrons. The maximum absolute atomic E-state index is 5.74. The van der Waals surface area contributed by atoms with E-state index in [9.17, 15) is 0 Å². The van der Waals surface area contributed by atoms with Gasteiger partial charge in [-0.15, -0.1) is 0 Å². The summed E-state index contributed by atoms with van der Waals surface area (Å²) in [6, 6.07) is 21.1. The second kappa shape index (κ2) is 7.83. The summed E-state index contributed by atoms with van der Waals surface area (Å²) in [5.74, 6) is 0.234. The standard InChI is InChI=1S/C18H22O2/c1-19-14-13-17(20-2)18(15-9-5-3-6-10-15)16-11-7-4-8-12-16/h3-12,17-18H,13-14H2,1-2H3. The van der Waals surface area contributed by atoms with Gasteiger partial charge in [-0.3, -0.25) is 0 Å². The SMILES string of the molecule is COCCC(OC)C(c1ccccc1)c1ccccc1. The van der Waals surface area contributed by atoms with Crippen LogP contribution in [0.3, 0.4) is 0 Å². The first kappa shape index (κ1) is 14.8. The fourth-order valence-corrected chi connectivity index (χ4v) is 2.60. The molecule has 0 fully saturated rings. The van der Waals surface area contributed by atoms with Gasteiger partial charge in [-0.2, -0.15) is 0 Å². The summed E-state index contributed by atoms with van der Waals surface area (Å²) < 4.78 is 11.0. The fourth-order valence-electron chi connectivity index (χ4n) is 2.60. The van der Waals surface area contributed by atoms with E-state index < -0.39 is 0 Å². The van der Waals surface area contributed by atoms with Gasteiger partial charge in [0.2, 0.25) is 0 Å². The van der Waals surface area contributed by atoms with Gasteiger partial charge in [-0.25, -0.2) is 0 Å². The molecule has 2 aromatic rings. The Hall–Kier alpha value is -1.64. The quantitative estimate of drug-likeness (QED) is 0.760. The normalized spacial score (nSPS) is 12.6. The van der Waals surface area contributed by atoms with Crippen LogP contribution in [0, 0.1) is 0 Å². The number of ether oxygens (including phenoxy) is 2. The molecule has 0 heterocycles. The van der Waals surface area contributed by atoms with Crippen molar-refractivity contribution in [1.29, 1.82) is 0 Å². The van der Waals surface area contributed by atoms with Gasteiger partial charge in [-0.05, 0) is 17.5 Å². The van der Waals surface area contributed by atoms with Crippen LogP contribution >= 0.6 is 0 Å². The van der Waals surface area contributed by atoms with Crippen molar-refractivity contribution in [3.63, 3.8) is 0 Å². The highest BCUT2D eigenvalue weighted by atomic mass is 16.5. The van der Waals surface area contributed by atoms with Gasteiger partial charge < -0.3 is 9.47 Å². The van der Waals surface area contributed by atoms with E-state index in [1.165, 1.54) is 11.1 Å². The Bertz CT molecular complexity index is 442. The van der Waals surface area contributed by atoms with Crippen molar-refractivity contribution in [3.05, 3.63) is 71.8 Å². The lowest BCUT2D eigenvalue weighted by atomic mass is 9.85. The molecule has 0 amide bonds. The van der Waals surface area contributed by atoms with E-state index in [1.54, 1.807) is 14.2 Å². The van der Waals surface area contributed by atoms with Crippen LogP contribution in [-0.4, -0.2) is 26.9 Å². The van der Waals surface area contributed by atoms with Gasteiger partial charge in [0.05, 0.1) is 6.10 Å². The highest BCUT2D eigenvalue weighted by Gasteiger charge is 2.24. The maximum atomic E-state index is 5.74. The lowest BCUT2D eigenvalue weighted by Crippen LogP contribution is -2.23. The predicted molar refractivity (Wildman–Crippen MR) is 82.0 cm³/mol. The van der Waals surface area contributed by atoms with Crippen molar-refractivity contribution in [2.75, 3.05) is 20.8 Å². The van der Waals surface area contributed by atoms with Crippen molar-refractivity contribution >= 4 is 0 Å². The first-order chi connectivity index (χ1) is 9.86. The van der Waals surface area contributed by atoms with Gasteiger partial charge in [0.1, 0.15) is 0 Å². The molecule has 2 aromatic carbocycles. The van der Waals surface area contributed by atoms with Gasteiger partial charge in [0, 0.05) is 26.7 Å². The van der Waals surface area contributed by atoms with Crippen molar-refractivity contribution < 1.29 is 9.47 Å². The van der Waals surface area contributed by atoms with Gasteiger partial charge in [-0.1, -0.05) is 60.7 Å². The van der Waals surface area contributed by atoms with Gasteiger partial charge in [0.15, 0.2) is 0 Å². The van der Waals surface area contributed by atoms with E-state index in [0.29, 0.717) is 6.61 Å². The molecule has 0 aromatic heterocycles. The van der Waals surface area contributed by atoms with Crippen molar-refractivity contribution in [3.8, 4) is 0 Å². The Labute approximate surface area is 121 Å². The van der Waals surface area contributed by atoms with Crippen LogP contribution in [0.4, 0.5) is 0 Å². The Morgan fingerprint density at radius 3 is 1.70 bits per heavy atom. The molecule has 2 heteroatoms. The molecule has 0 N–H and O–H groups in total. The van der Waals surface area contributed by atoms with Crippen LogP contribution in [0.15, 0.2) is 60.7 Å². The van der Waals surface area contributed by atoms with E-state index >= 15 is 0 Å². The summed E-state index contributed by atoms with van der Waals surface area (Å²) in [5.41, 5.74) is 2.56. The van der Waals surface area contributed by atoms with Crippen LogP contribution in [0.2, 0.25) is 0 Å². The lowest BCUT2D eigenvalue weighted by Gasteiger charge is -2.27. The summed E-state index contributed by atoms with van der Waals surface area (Å²) in [6.07, 6.45) is 0.987. The highest BCUT2D eigenvalue weighted by Crippen LogP contribution is 2.31. The molecule has 0 aliphatic rings. The molecule has 1 unspecified atom stereocenters. The average Bonchev–Trinajstić information content (AvgIpc) is 2.53. The molecule has 0 aliphatic carbocycles. The van der Waals surface area contributed by atoms with Crippen LogP contribution in [-0.2, 0) is 9.47 Å². The first-order valence-electron chi connectivity index (χ1n) is 6.98. The third-order valence-corrected chi connectivity index (χ3v) is 3.60. The summed E-state index contributed by atoms with van der Waals surface area (Å²) in [6.45, 7) is 0.703. The molecule has 2 nitrogen and oxygen atoms in total. The smallest absolute Gasteiger partial charge is 0.0702 e. The van der Waals surface area contributed by atoms with Gasteiger partial charge >= 0.3 is 0 Å². The lowest BCUT2D eigenvalue weighted by molar-refractivity contribution is 0.0557. The van der Waals surface area contributed by atoms with E-state index in [4.69, 9.17) is 9.47 Å². The molecule has 0 radical (unpaired) electrons. The molecule has 0 spiro atoms. The number of hydrogen-bond donors (Lipinski definition) is 0. The minimum Gasteiger partial charge on any atom is -0.385 e. The summed E-state index contributed by atoms with van der Waals surface area (Å²) in [7, 11) is 3.51. The number of benzene rings is 2. The Morgan fingerprint density at radius 1 is 0.800 bits per heavy atom. The number of rotatable bonds is 7. The second-order valence-electron chi connectivity index (χ2n) is 4.85. The molecular formula is C18H22O2. The molecule has 0 saturated heterocycles. The van der Waals surface area contributed by atoms with Crippen LogP contribution < -0.4 is 0 Å². The first-order valence-corrected chi connectivity index (χ1v) is 6.98. The summed E-state index contributed by atoms with van der Waals surface area (Å²) in [4.78, 5) is 0. The Balaban J connectivity index is 2.33. The molecule has 1 atom stereocenters. The van der Waals surface area contributed by atoms with E-state index in [-0.39, 0.29) is 12.0 Å². The van der Waals surface area contributed by atoms with Crippen LogP contribution in [0.25, 0.3) is 0 Å². The Morgan fingerprint density at radius 2 is 1.30 bits per heavy atom. The van der Waals surface area contributed by atoms with Gasteiger partial charge in [0.25, 0.3) is 0 Å². The monoisotopic (exact) mass is 270 g/mol. The van der Waals surface area contributed by atoms with Crippen molar-refractivity contribution in [1.82, 2.24) is 0 Å². The minimum atomic E-state index is 0.111. The molecule has 0 saturated carbocycles. The molecular weight excluding hydrogens is 248 g/mol. The Kier molecular flexibility index (Phi) is 5.78. The van der Waals surface area contributed by atoms with Crippen LogP contribution in [0.5, 0.6) is 0 Å². The zero-order valence-electron chi connectivity index (χ0n) is 12.2. The van der Waals surface area contributed by atoms with Crippen molar-refractivity contribution in [2.24, 2.45) is 0 Å². The minimum absolute atomic E-state index is 0.111. The summed E-state index contributed by atoms with van der Waals surface area (Å²) in [5, 5.41) is 0. The van der Waals surface area contributed by atoms with E-state index in [1.807, 2.05) is 12.1 Å². The maximum Gasteiger partial charge on any atom is 0.0702 e. The highest BCUT2D eigenvalue weighted by molar-refractivity contribution is 5.33. The summed E-state index contributed by atoms with van der Waals surface area (Å²) >= 11 is 0. The van der Waals surface area contributed by atoms with Crippen molar-refractivity contribution in [2.45, 2.75) is 18.4 Å². The topological polar surface area (TPSA) is 18.5 Å². The molecule has 2 rings (SSSR count). The predicted octanol–water partition coefficient (Wildman–Crippen LogP) is 3.87. The molecule has 0 aliphatic heterocycles. The number of hydrogen-bond acceptors (Lipinski definition) is 2. The molecule has 20 heavy (non-hydrogen) atoms. The second-order valence-corrected chi connectivity index (χ2v) is 4.85. The number of methoxy groups -OCH3 is 2. The van der Waals surface area contributed by atoms with Crippen LogP contribution in [0.1, 0.15) is 23.5 Å². The fraction of sp³-hybridized carbons (Fsp3) is 0.333. The average molecular weight is 270 g/mol. The third kappa shape index (κ3) is 3.69. The van der Waals surface area contributed by atoms with E-state index in [0.717, 1.165) is 6.42 Å². The largest absolute Gasteiger partial charge is 0.385 e. The third-order valence-electron chi connectivity index (χ3n) is 3.60. The zero-order valence-corrected chi connectivity index (χ0v) is 12.2. The van der Waals surface area contributed by atoms with E-state index in [2.05, 4.69) is 48.5 Å². The zero-order chi connectivity index (χ0) is 14.2.